The molecule has 0 aromatic rings. The second-order valence-corrected chi connectivity index (χ2v) is 3.15. The van der Waals surface area contributed by atoms with Crippen LogP contribution in [0.25, 0.3) is 0 Å². The van der Waals surface area contributed by atoms with Gasteiger partial charge < -0.3 is 26.6 Å². The molecule has 0 aliphatic heterocycles. The van der Waals surface area contributed by atoms with E-state index in [0.717, 1.165) is 0 Å². The third kappa shape index (κ3) is 8.43. The molecular formula is C8H16ClN3O5. The molecule has 0 spiro atoms. The highest BCUT2D eigenvalue weighted by Crippen LogP contribution is 1.87. The molecule has 0 bridgehead atoms. The molecule has 2 amide bonds. The summed E-state index contributed by atoms with van der Waals surface area (Å²) in [4.78, 5) is 32.2. The normalized spacial score (nSPS) is 12.9. The van der Waals surface area contributed by atoms with Crippen LogP contribution in [0, 0.1) is 0 Å². The maximum absolute atomic E-state index is 11.1. The summed E-state index contributed by atoms with van der Waals surface area (Å²) in [5.41, 5.74) is 5.28. The maximum Gasteiger partial charge on any atom is 0.322 e. The van der Waals surface area contributed by atoms with Crippen molar-refractivity contribution in [1.29, 1.82) is 0 Å². The Kier molecular flexibility index (Phi) is 9.25. The van der Waals surface area contributed by atoms with Crippen molar-refractivity contribution in [2.24, 2.45) is 5.73 Å². The minimum atomic E-state index is -1.18. The molecule has 9 heteroatoms. The monoisotopic (exact) mass is 269 g/mol. The Bertz CT molecular complexity index is 284. The van der Waals surface area contributed by atoms with Gasteiger partial charge in [0.1, 0.15) is 12.6 Å². The van der Waals surface area contributed by atoms with Crippen LogP contribution in [0.3, 0.4) is 0 Å². The predicted octanol–water partition coefficient (Wildman–Crippen LogP) is -2.57. The van der Waals surface area contributed by atoms with E-state index in [1.165, 1.54) is 6.92 Å². The van der Waals surface area contributed by atoms with Gasteiger partial charge in [0.25, 0.3) is 0 Å². The van der Waals surface area contributed by atoms with E-state index in [-0.39, 0.29) is 19.0 Å². The van der Waals surface area contributed by atoms with E-state index in [1.54, 1.807) is 0 Å². The van der Waals surface area contributed by atoms with Crippen LogP contribution in [0.4, 0.5) is 0 Å². The number of carbonyl (C=O) groups excluding carboxylic acids is 2. The number of halogens is 1. The minimum absolute atomic E-state index is 0. The Morgan fingerprint density at radius 3 is 2.18 bits per heavy atom. The van der Waals surface area contributed by atoms with E-state index in [9.17, 15) is 14.4 Å². The summed E-state index contributed by atoms with van der Waals surface area (Å²) >= 11 is 0. The summed E-state index contributed by atoms with van der Waals surface area (Å²) in [5, 5.41) is 21.4. The third-order valence-electron chi connectivity index (χ3n) is 1.68. The van der Waals surface area contributed by atoms with E-state index in [2.05, 4.69) is 5.32 Å². The van der Waals surface area contributed by atoms with Crippen molar-refractivity contribution in [1.82, 2.24) is 10.6 Å². The van der Waals surface area contributed by atoms with Gasteiger partial charge in [-0.25, -0.2) is 0 Å². The number of aliphatic hydroxyl groups excluding tert-OH is 1. The van der Waals surface area contributed by atoms with Crippen LogP contribution in [0.15, 0.2) is 0 Å². The van der Waals surface area contributed by atoms with Crippen molar-refractivity contribution in [3.63, 3.8) is 0 Å². The molecule has 0 aromatic heterocycles. The summed E-state index contributed by atoms with van der Waals surface area (Å²) in [7, 11) is 0. The van der Waals surface area contributed by atoms with Crippen LogP contribution in [0.2, 0.25) is 0 Å². The van der Waals surface area contributed by atoms with Crippen molar-refractivity contribution in [2.75, 3.05) is 13.1 Å². The van der Waals surface area contributed by atoms with Gasteiger partial charge >= 0.3 is 5.97 Å². The first-order valence-electron chi connectivity index (χ1n) is 4.54. The topological polar surface area (TPSA) is 142 Å². The molecule has 0 aromatic carbocycles. The largest absolute Gasteiger partial charge is 0.480 e. The van der Waals surface area contributed by atoms with Crippen molar-refractivity contribution in [3.05, 3.63) is 0 Å². The molecule has 0 saturated carbocycles. The molecule has 0 saturated heterocycles. The van der Waals surface area contributed by atoms with Crippen LogP contribution >= 0.6 is 12.4 Å². The smallest absolute Gasteiger partial charge is 0.322 e. The summed E-state index contributed by atoms with van der Waals surface area (Å²) in [6, 6.07) is -1.12. The Morgan fingerprint density at radius 2 is 1.76 bits per heavy atom. The number of hydrogen-bond acceptors (Lipinski definition) is 5. The number of carbonyl (C=O) groups is 3. The number of nitrogens with one attached hydrogen (secondary N) is 2. The lowest BCUT2D eigenvalue weighted by molar-refractivity contribution is -0.137. The number of aliphatic hydroxyl groups is 1. The zero-order valence-electron chi connectivity index (χ0n) is 9.17. The third-order valence-corrected chi connectivity index (χ3v) is 1.68. The van der Waals surface area contributed by atoms with E-state index in [4.69, 9.17) is 15.9 Å². The molecule has 0 aliphatic rings. The van der Waals surface area contributed by atoms with E-state index < -0.39 is 36.5 Å². The van der Waals surface area contributed by atoms with Gasteiger partial charge in [-0.3, -0.25) is 14.4 Å². The Balaban J connectivity index is 0. The molecular weight excluding hydrogens is 254 g/mol. The van der Waals surface area contributed by atoms with Crippen molar-refractivity contribution < 1.29 is 24.6 Å². The number of aliphatic carboxylic acids is 1. The predicted molar refractivity (Wildman–Crippen MR) is 60.6 cm³/mol. The van der Waals surface area contributed by atoms with Crippen LogP contribution in [0.5, 0.6) is 0 Å². The zero-order chi connectivity index (χ0) is 12.7. The molecule has 0 fully saturated rings. The highest BCUT2D eigenvalue weighted by molar-refractivity contribution is 5.88. The maximum atomic E-state index is 11.1. The number of amides is 2. The van der Waals surface area contributed by atoms with Gasteiger partial charge in [0.05, 0.1) is 12.6 Å². The van der Waals surface area contributed by atoms with E-state index >= 15 is 0 Å². The van der Waals surface area contributed by atoms with Crippen molar-refractivity contribution in [3.8, 4) is 0 Å². The Hall–Kier alpha value is -1.38. The van der Waals surface area contributed by atoms with Gasteiger partial charge in [-0.2, -0.15) is 0 Å². The minimum Gasteiger partial charge on any atom is -0.480 e. The Labute approximate surface area is 104 Å². The van der Waals surface area contributed by atoms with Gasteiger partial charge in [0, 0.05) is 0 Å². The summed E-state index contributed by atoms with van der Waals surface area (Å²) in [6.45, 7) is 0.443. The van der Waals surface area contributed by atoms with Gasteiger partial charge in [-0.05, 0) is 6.92 Å². The lowest BCUT2D eigenvalue weighted by atomic mass is 10.2. The highest BCUT2D eigenvalue weighted by atomic mass is 35.5. The quantitative estimate of drug-likeness (QED) is 0.359. The SMILES string of the molecule is C[C@@H](O)[C@H](N)C(=O)NCC(=O)NCC(=O)O.Cl. The number of carboxylic acids is 1. The molecule has 0 heterocycles. The van der Waals surface area contributed by atoms with E-state index in [0.29, 0.717) is 0 Å². The van der Waals surface area contributed by atoms with Gasteiger partial charge in [-0.1, -0.05) is 0 Å². The highest BCUT2D eigenvalue weighted by Gasteiger charge is 2.18. The van der Waals surface area contributed by atoms with Crippen LogP contribution in [0.1, 0.15) is 6.92 Å². The van der Waals surface area contributed by atoms with Gasteiger partial charge in [-0.15, -0.1) is 12.4 Å². The van der Waals surface area contributed by atoms with Crippen molar-refractivity contribution in [2.45, 2.75) is 19.1 Å². The zero-order valence-corrected chi connectivity index (χ0v) is 9.99. The molecule has 0 rings (SSSR count). The molecule has 8 nitrogen and oxygen atoms in total. The lowest BCUT2D eigenvalue weighted by Gasteiger charge is -2.14. The van der Waals surface area contributed by atoms with E-state index in [1.807, 2.05) is 5.32 Å². The van der Waals surface area contributed by atoms with Gasteiger partial charge in [0.15, 0.2) is 0 Å². The first kappa shape index (κ1) is 18.0. The molecule has 6 N–H and O–H groups in total. The summed E-state index contributed by atoms with van der Waals surface area (Å²) in [5.74, 6) is -2.51. The Morgan fingerprint density at radius 1 is 1.24 bits per heavy atom. The van der Waals surface area contributed by atoms with Crippen LogP contribution < -0.4 is 16.4 Å². The number of nitrogens with two attached hydrogens (primary N) is 1. The molecule has 100 valence electrons. The molecule has 0 radical (unpaired) electrons. The average molecular weight is 270 g/mol. The standard InChI is InChI=1S/C8H15N3O5.ClH/c1-4(12)7(9)8(16)11-2-5(13)10-3-6(14)15;/h4,7,12H,2-3,9H2,1H3,(H,10,13)(H,11,16)(H,14,15);1H/t4-,7+;/m1./s1. The second-order valence-electron chi connectivity index (χ2n) is 3.15. The fourth-order valence-electron chi connectivity index (χ4n) is 0.741. The molecule has 0 aliphatic carbocycles. The number of hydrogen-bond donors (Lipinski definition) is 5. The summed E-state index contributed by atoms with van der Waals surface area (Å²) in [6.07, 6.45) is -1.03. The molecule has 17 heavy (non-hydrogen) atoms. The fourth-order valence-corrected chi connectivity index (χ4v) is 0.741. The summed E-state index contributed by atoms with van der Waals surface area (Å²) < 4.78 is 0. The molecule has 2 atom stereocenters. The molecule has 0 unspecified atom stereocenters. The van der Waals surface area contributed by atoms with Crippen molar-refractivity contribution >= 4 is 30.2 Å². The van der Waals surface area contributed by atoms with Gasteiger partial charge in [0.2, 0.25) is 11.8 Å². The van der Waals surface area contributed by atoms with Crippen LogP contribution in [-0.2, 0) is 14.4 Å². The first-order valence-corrected chi connectivity index (χ1v) is 4.54. The first-order chi connectivity index (χ1) is 7.34. The number of rotatable bonds is 6. The second kappa shape index (κ2) is 8.74. The fraction of sp³-hybridized carbons (Fsp3) is 0.625. The lowest BCUT2D eigenvalue weighted by Crippen LogP contribution is -2.49. The average Bonchev–Trinajstić information content (AvgIpc) is 2.21. The van der Waals surface area contributed by atoms with Crippen LogP contribution in [-0.4, -0.2) is 53.2 Å². The number of carboxylic acid groups (broad SMARTS) is 1.